The van der Waals surface area contributed by atoms with Crippen LogP contribution >= 0.6 is 0 Å². The molecule has 0 aliphatic carbocycles. The molecule has 2 aliphatic rings. The Balaban J connectivity index is 1.49. The summed E-state index contributed by atoms with van der Waals surface area (Å²) in [7, 11) is 1.84. The summed E-state index contributed by atoms with van der Waals surface area (Å²) in [4.78, 5) is 31.1. The van der Waals surface area contributed by atoms with E-state index < -0.39 is 0 Å². The number of piperazine rings is 1. The third-order valence-electron chi connectivity index (χ3n) is 5.49. The maximum absolute atomic E-state index is 12.8. The second-order valence-corrected chi connectivity index (χ2v) is 7.47. The first-order valence-corrected chi connectivity index (χ1v) is 9.61. The topological polar surface area (TPSA) is 55.9 Å². The molecule has 0 radical (unpaired) electrons. The highest BCUT2D eigenvalue weighted by Crippen LogP contribution is 2.22. The highest BCUT2D eigenvalue weighted by Gasteiger charge is 2.33. The molecule has 1 N–H and O–H groups in total. The summed E-state index contributed by atoms with van der Waals surface area (Å²) in [5, 5.41) is 3.32. The van der Waals surface area contributed by atoms with Crippen LogP contribution in [0.1, 0.15) is 25.3 Å². The number of piperidine rings is 1. The van der Waals surface area contributed by atoms with E-state index in [2.05, 4.69) is 12.2 Å². The van der Waals surface area contributed by atoms with E-state index in [-0.39, 0.29) is 23.9 Å². The first kappa shape index (κ1) is 18.7. The van der Waals surface area contributed by atoms with Gasteiger partial charge in [0.2, 0.25) is 5.91 Å². The molecule has 142 valence electrons. The van der Waals surface area contributed by atoms with Gasteiger partial charge in [-0.15, -0.1) is 0 Å². The maximum atomic E-state index is 12.8. The zero-order valence-electron chi connectivity index (χ0n) is 15.9. The quantitative estimate of drug-likeness (QED) is 0.896. The number of carbonyl (C=O) groups excluding carboxylic acids is 2. The van der Waals surface area contributed by atoms with Crippen molar-refractivity contribution in [2.45, 2.75) is 32.4 Å². The molecular formula is C20H30N4O2. The Morgan fingerprint density at radius 2 is 1.85 bits per heavy atom. The van der Waals surface area contributed by atoms with Crippen molar-refractivity contribution in [2.75, 3.05) is 39.8 Å². The van der Waals surface area contributed by atoms with Crippen molar-refractivity contribution in [3.63, 3.8) is 0 Å². The fraction of sp³-hybridized carbons (Fsp3) is 0.600. The molecule has 1 atom stereocenters. The highest BCUT2D eigenvalue weighted by molar-refractivity contribution is 5.80. The van der Waals surface area contributed by atoms with E-state index in [4.69, 9.17) is 0 Å². The van der Waals surface area contributed by atoms with Gasteiger partial charge in [0.1, 0.15) is 0 Å². The Kier molecular flexibility index (Phi) is 6.14. The second kappa shape index (κ2) is 8.54. The van der Waals surface area contributed by atoms with Gasteiger partial charge in [-0.25, -0.2) is 4.79 Å². The van der Waals surface area contributed by atoms with E-state index in [1.807, 2.05) is 47.2 Å². The Morgan fingerprint density at radius 1 is 1.15 bits per heavy atom. The molecule has 6 heteroatoms. The minimum Gasteiger partial charge on any atom is -0.337 e. The van der Waals surface area contributed by atoms with E-state index in [1.165, 1.54) is 0 Å². The third-order valence-corrected chi connectivity index (χ3v) is 5.49. The third kappa shape index (κ3) is 4.36. The number of urea groups is 1. The van der Waals surface area contributed by atoms with Crippen LogP contribution in [0.15, 0.2) is 30.3 Å². The van der Waals surface area contributed by atoms with Gasteiger partial charge in [0.05, 0.1) is 0 Å². The first-order valence-electron chi connectivity index (χ1n) is 9.61. The summed E-state index contributed by atoms with van der Waals surface area (Å²) in [6, 6.07) is 10.3. The Labute approximate surface area is 156 Å². The Bertz CT molecular complexity index is 613. The summed E-state index contributed by atoms with van der Waals surface area (Å²) in [5.41, 5.74) is 1.13. The number of amides is 3. The number of nitrogens with zero attached hydrogens (tertiary/aromatic N) is 3. The standard InChI is InChI=1S/C20H30N4O2/c1-16-14-21-10-13-24(16)19(25)18-8-11-23(12-9-18)20(26)22(2)15-17-6-4-3-5-7-17/h3-7,16,18,21H,8-15H2,1-2H3/t16-/m0/s1. The molecule has 0 bridgehead atoms. The van der Waals surface area contributed by atoms with Gasteiger partial charge in [-0.1, -0.05) is 30.3 Å². The molecule has 2 heterocycles. The van der Waals surface area contributed by atoms with Crippen LogP contribution in [0.2, 0.25) is 0 Å². The van der Waals surface area contributed by atoms with Gasteiger partial charge in [-0.2, -0.15) is 0 Å². The minimum atomic E-state index is 0.0512. The van der Waals surface area contributed by atoms with Crippen molar-refractivity contribution in [1.29, 1.82) is 0 Å². The molecule has 3 amide bonds. The van der Waals surface area contributed by atoms with E-state index in [0.717, 1.165) is 38.0 Å². The van der Waals surface area contributed by atoms with Gasteiger partial charge >= 0.3 is 6.03 Å². The molecule has 1 aromatic rings. The van der Waals surface area contributed by atoms with E-state index >= 15 is 0 Å². The van der Waals surface area contributed by atoms with Crippen LogP contribution in [-0.4, -0.2) is 72.5 Å². The molecule has 2 saturated heterocycles. The number of hydrogen-bond acceptors (Lipinski definition) is 3. The van der Waals surface area contributed by atoms with Gasteiger partial charge in [0, 0.05) is 58.3 Å². The summed E-state index contributed by atoms with van der Waals surface area (Å²) in [5.74, 6) is 0.322. The largest absolute Gasteiger partial charge is 0.337 e. The molecule has 1 aromatic carbocycles. The monoisotopic (exact) mass is 358 g/mol. The number of hydrogen-bond donors (Lipinski definition) is 1. The minimum absolute atomic E-state index is 0.0512. The zero-order chi connectivity index (χ0) is 18.5. The van der Waals surface area contributed by atoms with Crippen LogP contribution in [0.25, 0.3) is 0 Å². The van der Waals surface area contributed by atoms with Crippen molar-refractivity contribution in [3.8, 4) is 0 Å². The normalized spacial score (nSPS) is 21.5. The lowest BCUT2D eigenvalue weighted by atomic mass is 9.94. The number of benzene rings is 1. The maximum Gasteiger partial charge on any atom is 0.320 e. The smallest absolute Gasteiger partial charge is 0.320 e. The fourth-order valence-corrected chi connectivity index (χ4v) is 3.89. The molecule has 2 aliphatic heterocycles. The van der Waals surface area contributed by atoms with Crippen molar-refractivity contribution < 1.29 is 9.59 Å². The van der Waals surface area contributed by atoms with Crippen molar-refractivity contribution in [1.82, 2.24) is 20.0 Å². The number of rotatable bonds is 3. The van der Waals surface area contributed by atoms with Crippen molar-refractivity contribution in [2.24, 2.45) is 5.92 Å². The van der Waals surface area contributed by atoms with Crippen LogP contribution < -0.4 is 5.32 Å². The highest BCUT2D eigenvalue weighted by atomic mass is 16.2. The summed E-state index contributed by atoms with van der Waals surface area (Å²) >= 11 is 0. The van der Waals surface area contributed by atoms with Crippen molar-refractivity contribution in [3.05, 3.63) is 35.9 Å². The summed E-state index contributed by atoms with van der Waals surface area (Å²) in [6.07, 6.45) is 1.53. The molecule has 0 unspecified atom stereocenters. The van der Waals surface area contributed by atoms with Crippen LogP contribution in [0.3, 0.4) is 0 Å². The lowest BCUT2D eigenvalue weighted by Gasteiger charge is -2.39. The average Bonchev–Trinajstić information content (AvgIpc) is 2.68. The average molecular weight is 358 g/mol. The Morgan fingerprint density at radius 3 is 2.50 bits per heavy atom. The molecule has 3 rings (SSSR count). The van der Waals surface area contributed by atoms with E-state index in [9.17, 15) is 9.59 Å². The molecule has 6 nitrogen and oxygen atoms in total. The lowest BCUT2D eigenvalue weighted by Crippen LogP contribution is -2.55. The number of likely N-dealkylation sites (tertiary alicyclic amines) is 1. The van der Waals surface area contributed by atoms with Crippen LogP contribution in [0.5, 0.6) is 0 Å². The first-order chi connectivity index (χ1) is 12.6. The number of carbonyl (C=O) groups is 2. The fourth-order valence-electron chi connectivity index (χ4n) is 3.89. The predicted octanol–water partition coefficient (Wildman–Crippen LogP) is 1.77. The molecule has 0 spiro atoms. The van der Waals surface area contributed by atoms with Crippen molar-refractivity contribution >= 4 is 11.9 Å². The van der Waals surface area contributed by atoms with Crippen LogP contribution in [0.4, 0.5) is 4.79 Å². The summed E-state index contributed by atoms with van der Waals surface area (Å²) in [6.45, 7) is 6.56. The summed E-state index contributed by atoms with van der Waals surface area (Å²) < 4.78 is 0. The SMILES string of the molecule is C[C@H]1CNCCN1C(=O)C1CCN(C(=O)N(C)Cc2ccccc2)CC1. The van der Waals surface area contributed by atoms with Gasteiger partial charge < -0.3 is 20.0 Å². The van der Waals surface area contributed by atoms with Gasteiger partial charge in [0.15, 0.2) is 0 Å². The molecule has 0 saturated carbocycles. The van der Waals surface area contributed by atoms with E-state index in [1.54, 1.807) is 4.90 Å². The van der Waals surface area contributed by atoms with Crippen LogP contribution in [0, 0.1) is 5.92 Å². The Hall–Kier alpha value is -2.08. The van der Waals surface area contributed by atoms with Crippen LogP contribution in [-0.2, 0) is 11.3 Å². The molecular weight excluding hydrogens is 328 g/mol. The molecule has 26 heavy (non-hydrogen) atoms. The van der Waals surface area contributed by atoms with Gasteiger partial charge in [-0.3, -0.25) is 4.79 Å². The van der Waals surface area contributed by atoms with Gasteiger partial charge in [-0.05, 0) is 25.3 Å². The number of nitrogens with one attached hydrogen (secondary N) is 1. The lowest BCUT2D eigenvalue weighted by molar-refractivity contribution is -0.139. The predicted molar refractivity (Wildman–Crippen MR) is 102 cm³/mol. The molecule has 0 aromatic heterocycles. The zero-order valence-corrected chi connectivity index (χ0v) is 15.9. The molecule has 2 fully saturated rings. The van der Waals surface area contributed by atoms with E-state index in [0.29, 0.717) is 19.6 Å². The van der Waals surface area contributed by atoms with Gasteiger partial charge in [0.25, 0.3) is 0 Å². The second-order valence-electron chi connectivity index (χ2n) is 7.47.